The zero-order chi connectivity index (χ0) is 20.7. The van der Waals surface area contributed by atoms with E-state index in [0.717, 1.165) is 51.6 Å². The van der Waals surface area contributed by atoms with Gasteiger partial charge in [-0.3, -0.25) is 9.59 Å². The van der Waals surface area contributed by atoms with Gasteiger partial charge in [-0.1, -0.05) is 46.3 Å². The maximum absolute atomic E-state index is 13.4. The normalized spacial score (nSPS) is 29.2. The molecule has 2 heterocycles. The van der Waals surface area contributed by atoms with E-state index in [1.807, 2.05) is 4.90 Å². The largest absolute Gasteiger partial charge is 0.367 e. The Morgan fingerprint density at radius 1 is 1.14 bits per heavy atom. The highest BCUT2D eigenvalue weighted by molar-refractivity contribution is 7.80. The van der Waals surface area contributed by atoms with Gasteiger partial charge in [0.25, 0.3) is 0 Å². The number of fused-ring (bicyclic) bond motifs is 1. The minimum atomic E-state index is -0.366. The van der Waals surface area contributed by atoms with Crippen LogP contribution in [0.1, 0.15) is 66.2 Å². The fourth-order valence-electron chi connectivity index (χ4n) is 4.09. The average molecular weight is 411 g/mol. The monoisotopic (exact) mass is 410 g/mol. The number of amides is 2. The fraction of sp³-hybridized carbons (Fsp3) is 0.857. The second kappa shape index (κ2) is 10.5. The molecule has 3 N–H and O–H groups in total. The van der Waals surface area contributed by atoms with Crippen LogP contribution in [0.25, 0.3) is 0 Å². The predicted molar refractivity (Wildman–Crippen MR) is 117 cm³/mol. The maximum Gasteiger partial charge on any atom is 0.245 e. The molecule has 0 aliphatic carbocycles. The predicted octanol–water partition coefficient (Wildman–Crippen LogP) is 2.23. The van der Waals surface area contributed by atoms with Crippen molar-refractivity contribution in [2.45, 2.75) is 78.3 Å². The molecule has 2 rings (SSSR count). The maximum atomic E-state index is 13.4. The lowest BCUT2D eigenvalue weighted by atomic mass is 9.85. The van der Waals surface area contributed by atoms with Crippen molar-refractivity contribution in [1.29, 1.82) is 0 Å². The molecular formula is C21H38N4O2S. The van der Waals surface area contributed by atoms with Gasteiger partial charge in [-0.2, -0.15) is 0 Å². The first kappa shape index (κ1) is 23.1. The summed E-state index contributed by atoms with van der Waals surface area (Å²) in [5, 5.41) is 9.81. The summed E-state index contributed by atoms with van der Waals surface area (Å²) in [4.78, 5) is 28.6. The van der Waals surface area contributed by atoms with Gasteiger partial charge in [0.1, 0.15) is 6.04 Å². The van der Waals surface area contributed by atoms with Crippen LogP contribution < -0.4 is 16.0 Å². The zero-order valence-electron chi connectivity index (χ0n) is 18.0. The van der Waals surface area contributed by atoms with E-state index in [0.29, 0.717) is 18.1 Å². The van der Waals surface area contributed by atoms with Crippen LogP contribution >= 0.6 is 12.2 Å². The highest BCUT2D eigenvalue weighted by atomic mass is 32.1. The molecule has 0 saturated carbocycles. The molecule has 0 aromatic carbocycles. The van der Waals surface area contributed by atoms with Crippen molar-refractivity contribution >= 4 is 29.0 Å². The molecule has 28 heavy (non-hydrogen) atoms. The van der Waals surface area contributed by atoms with Crippen LogP contribution in [0.2, 0.25) is 0 Å². The second-order valence-electron chi connectivity index (χ2n) is 9.22. The highest BCUT2D eigenvalue weighted by Gasteiger charge is 2.39. The summed E-state index contributed by atoms with van der Waals surface area (Å²) in [5.41, 5.74) is -0.254. The molecule has 2 fully saturated rings. The summed E-state index contributed by atoms with van der Waals surface area (Å²) in [5.74, 6) is 0.280. The van der Waals surface area contributed by atoms with E-state index in [1.165, 1.54) is 0 Å². The van der Waals surface area contributed by atoms with Gasteiger partial charge >= 0.3 is 0 Å². The summed E-state index contributed by atoms with van der Waals surface area (Å²) in [6, 6.07) is -0.297. The molecule has 160 valence electrons. The second-order valence-corrected chi connectivity index (χ2v) is 9.71. The van der Waals surface area contributed by atoms with Crippen LogP contribution in [-0.4, -0.2) is 60.0 Å². The minimum Gasteiger partial charge on any atom is -0.367 e. The van der Waals surface area contributed by atoms with Gasteiger partial charge in [-0.15, -0.1) is 0 Å². The Kier molecular flexibility index (Phi) is 8.68. The molecule has 2 unspecified atom stereocenters. The van der Waals surface area contributed by atoms with E-state index >= 15 is 0 Å². The molecule has 2 aliphatic rings. The van der Waals surface area contributed by atoms with Crippen molar-refractivity contribution in [1.82, 2.24) is 20.9 Å². The number of hydrogen-bond donors (Lipinski definition) is 3. The molecule has 7 heteroatoms. The van der Waals surface area contributed by atoms with E-state index < -0.39 is 0 Å². The molecule has 2 amide bonds. The van der Waals surface area contributed by atoms with Gasteiger partial charge in [0.2, 0.25) is 11.8 Å². The Balaban J connectivity index is 2.17. The number of rotatable bonds is 1. The third-order valence-electron chi connectivity index (χ3n) is 5.90. The van der Waals surface area contributed by atoms with Gasteiger partial charge in [-0.05, 0) is 44.1 Å². The van der Waals surface area contributed by atoms with Gasteiger partial charge < -0.3 is 20.9 Å². The van der Waals surface area contributed by atoms with Crippen molar-refractivity contribution in [2.24, 2.45) is 11.3 Å². The molecular weight excluding hydrogens is 372 g/mol. The van der Waals surface area contributed by atoms with Crippen LogP contribution in [0.15, 0.2) is 0 Å². The van der Waals surface area contributed by atoms with Crippen molar-refractivity contribution in [3.63, 3.8) is 0 Å². The Morgan fingerprint density at radius 2 is 1.89 bits per heavy atom. The Hall–Kier alpha value is -1.21. The first-order chi connectivity index (χ1) is 13.2. The van der Waals surface area contributed by atoms with E-state index in [2.05, 4.69) is 43.6 Å². The molecule has 0 spiro atoms. The number of carbonyl (C=O) groups excluding carboxylic acids is 2. The highest BCUT2D eigenvalue weighted by Crippen LogP contribution is 2.26. The third kappa shape index (κ3) is 6.41. The van der Waals surface area contributed by atoms with E-state index in [1.54, 1.807) is 0 Å². The number of nitrogens with zero attached hydrogens (tertiary/aromatic N) is 1. The first-order valence-corrected chi connectivity index (χ1v) is 11.2. The van der Waals surface area contributed by atoms with Crippen molar-refractivity contribution < 1.29 is 9.59 Å². The SMILES string of the molecule is CCC1CCCCNCC(=S)N[C@@H](C(C)(C)C)C(=O)N2CCCC2CNC1=O. The van der Waals surface area contributed by atoms with Gasteiger partial charge in [-0.25, -0.2) is 0 Å². The fourth-order valence-corrected chi connectivity index (χ4v) is 4.31. The molecule has 0 radical (unpaired) electrons. The average Bonchev–Trinajstić information content (AvgIpc) is 3.10. The smallest absolute Gasteiger partial charge is 0.245 e. The van der Waals surface area contributed by atoms with Crippen LogP contribution in [0.4, 0.5) is 0 Å². The van der Waals surface area contributed by atoms with Gasteiger partial charge in [0.05, 0.1) is 4.99 Å². The van der Waals surface area contributed by atoms with E-state index in [4.69, 9.17) is 12.2 Å². The van der Waals surface area contributed by atoms with Gasteiger partial charge in [0, 0.05) is 31.6 Å². The van der Waals surface area contributed by atoms with Crippen molar-refractivity contribution in [3.05, 3.63) is 0 Å². The summed E-state index contributed by atoms with van der Waals surface area (Å²) in [7, 11) is 0. The quantitative estimate of drug-likeness (QED) is 0.578. The molecule has 0 aromatic rings. The summed E-state index contributed by atoms with van der Waals surface area (Å²) in [6.45, 7) is 11.0. The number of carbonyl (C=O) groups is 2. The lowest BCUT2D eigenvalue weighted by Crippen LogP contribution is -2.57. The van der Waals surface area contributed by atoms with E-state index in [-0.39, 0.29) is 35.2 Å². The Morgan fingerprint density at radius 3 is 2.57 bits per heavy atom. The molecule has 0 bridgehead atoms. The number of nitrogens with one attached hydrogen (secondary N) is 3. The summed E-state index contributed by atoms with van der Waals surface area (Å²) < 4.78 is 0. The topological polar surface area (TPSA) is 73.5 Å². The zero-order valence-corrected chi connectivity index (χ0v) is 18.8. The third-order valence-corrected chi connectivity index (χ3v) is 6.16. The standard InChI is InChI=1S/C21H38N4O2S/c1-5-15-9-6-7-11-22-14-17(28)24-18(21(2,3)4)20(27)25-12-8-10-16(25)13-23-19(15)26/h15-16,18,22H,5-14H2,1-4H3,(H,23,26)(H,24,28)/t15?,16?,18-/m1/s1. The lowest BCUT2D eigenvalue weighted by molar-refractivity contribution is -0.137. The van der Waals surface area contributed by atoms with Crippen LogP contribution in [0.5, 0.6) is 0 Å². The van der Waals surface area contributed by atoms with Crippen LogP contribution in [0, 0.1) is 11.3 Å². The van der Waals surface area contributed by atoms with Crippen molar-refractivity contribution in [2.75, 3.05) is 26.2 Å². The summed E-state index contributed by atoms with van der Waals surface area (Å²) in [6.07, 6.45) is 5.72. The molecule has 3 atom stereocenters. The minimum absolute atomic E-state index is 0.0588. The Labute approximate surface area is 175 Å². The van der Waals surface area contributed by atoms with E-state index in [9.17, 15) is 9.59 Å². The Bertz CT molecular complexity index is 561. The number of thiocarbonyl (C=S) groups is 1. The van der Waals surface area contributed by atoms with Gasteiger partial charge in [0.15, 0.2) is 0 Å². The van der Waals surface area contributed by atoms with Crippen molar-refractivity contribution in [3.8, 4) is 0 Å². The number of hydrogen-bond acceptors (Lipinski definition) is 4. The summed E-state index contributed by atoms with van der Waals surface area (Å²) >= 11 is 5.51. The molecule has 2 aliphatic heterocycles. The molecule has 6 nitrogen and oxygen atoms in total. The molecule has 2 saturated heterocycles. The lowest BCUT2D eigenvalue weighted by Gasteiger charge is -2.36. The van der Waals surface area contributed by atoms with Crippen LogP contribution in [0.3, 0.4) is 0 Å². The first-order valence-electron chi connectivity index (χ1n) is 10.8. The molecule has 0 aromatic heterocycles. The van der Waals surface area contributed by atoms with Crippen LogP contribution in [-0.2, 0) is 9.59 Å².